The molecule has 0 heterocycles. The number of hydrogen-bond donors (Lipinski definition) is 0. The van der Waals surface area contributed by atoms with Gasteiger partial charge in [0.2, 0.25) is 0 Å². The summed E-state index contributed by atoms with van der Waals surface area (Å²) in [4.78, 5) is 22.0. The van der Waals surface area contributed by atoms with E-state index in [0.29, 0.717) is 18.8 Å². The molecule has 0 N–H and O–H groups in total. The maximum atomic E-state index is 11.3. The lowest BCUT2D eigenvalue weighted by Crippen LogP contribution is -2.18. The Morgan fingerprint density at radius 2 is 2.08 bits per heavy atom. The fourth-order valence-electron chi connectivity index (χ4n) is 1.74. The molecule has 2 unspecified atom stereocenters. The molecule has 0 aliphatic heterocycles. The molecule has 74 valence electrons. The van der Waals surface area contributed by atoms with Crippen LogP contribution in [0.5, 0.6) is 0 Å². The minimum Gasteiger partial charge on any atom is -0.462 e. The zero-order valence-electron chi connectivity index (χ0n) is 8.21. The van der Waals surface area contributed by atoms with Crippen LogP contribution < -0.4 is 0 Å². The molecule has 13 heavy (non-hydrogen) atoms. The molecule has 0 bridgehead atoms. The van der Waals surface area contributed by atoms with Crippen molar-refractivity contribution in [3.63, 3.8) is 0 Å². The SMILES string of the molecule is CC(=O)OC1CCC(C)CC(=O)C1. The van der Waals surface area contributed by atoms with Gasteiger partial charge in [-0.3, -0.25) is 9.59 Å². The van der Waals surface area contributed by atoms with Crippen LogP contribution in [0, 0.1) is 5.92 Å². The van der Waals surface area contributed by atoms with Gasteiger partial charge < -0.3 is 4.74 Å². The summed E-state index contributed by atoms with van der Waals surface area (Å²) in [6.45, 7) is 3.45. The van der Waals surface area contributed by atoms with Gasteiger partial charge in [-0.15, -0.1) is 0 Å². The van der Waals surface area contributed by atoms with E-state index in [9.17, 15) is 9.59 Å². The Kier molecular flexibility index (Phi) is 3.46. The minimum atomic E-state index is -0.285. The zero-order valence-corrected chi connectivity index (χ0v) is 8.21. The summed E-state index contributed by atoms with van der Waals surface area (Å²) in [6.07, 6.45) is 2.67. The van der Waals surface area contributed by atoms with Crippen molar-refractivity contribution in [2.24, 2.45) is 5.92 Å². The fourth-order valence-corrected chi connectivity index (χ4v) is 1.74. The van der Waals surface area contributed by atoms with Gasteiger partial charge in [-0.05, 0) is 18.8 Å². The number of esters is 1. The molecule has 0 amide bonds. The van der Waals surface area contributed by atoms with E-state index in [-0.39, 0.29) is 17.9 Å². The largest absolute Gasteiger partial charge is 0.462 e. The van der Waals surface area contributed by atoms with E-state index >= 15 is 0 Å². The van der Waals surface area contributed by atoms with Gasteiger partial charge in [-0.2, -0.15) is 0 Å². The number of ether oxygens (including phenoxy) is 1. The molecule has 0 aromatic rings. The summed E-state index contributed by atoms with van der Waals surface area (Å²) >= 11 is 0. The first kappa shape index (κ1) is 10.2. The van der Waals surface area contributed by atoms with Crippen LogP contribution in [0.1, 0.15) is 39.5 Å². The minimum absolute atomic E-state index is 0.171. The van der Waals surface area contributed by atoms with Gasteiger partial charge >= 0.3 is 5.97 Å². The third-order valence-electron chi connectivity index (χ3n) is 2.35. The maximum Gasteiger partial charge on any atom is 0.302 e. The van der Waals surface area contributed by atoms with E-state index in [2.05, 4.69) is 6.92 Å². The smallest absolute Gasteiger partial charge is 0.302 e. The summed E-state index contributed by atoms with van der Waals surface area (Å²) in [7, 11) is 0. The highest BCUT2D eigenvalue weighted by molar-refractivity contribution is 5.79. The molecule has 1 fully saturated rings. The van der Waals surface area contributed by atoms with E-state index in [0.717, 1.165) is 12.8 Å². The molecular formula is C10H16O3. The molecule has 0 radical (unpaired) electrons. The maximum absolute atomic E-state index is 11.3. The summed E-state index contributed by atoms with van der Waals surface area (Å²) in [6, 6.07) is 0. The number of ketones is 1. The van der Waals surface area contributed by atoms with Gasteiger partial charge in [-0.1, -0.05) is 6.92 Å². The number of Topliss-reactive ketones (excluding diaryl/α,β-unsaturated/α-hetero) is 1. The first-order valence-electron chi connectivity index (χ1n) is 4.77. The van der Waals surface area contributed by atoms with E-state index < -0.39 is 0 Å². The molecule has 3 heteroatoms. The number of rotatable bonds is 1. The standard InChI is InChI=1S/C10H16O3/c1-7-3-4-10(13-8(2)11)6-9(12)5-7/h7,10H,3-6H2,1-2H3. The van der Waals surface area contributed by atoms with Crippen LogP contribution >= 0.6 is 0 Å². The summed E-state index contributed by atoms with van der Waals surface area (Å²) in [5.41, 5.74) is 0. The molecule has 0 aromatic carbocycles. The lowest BCUT2D eigenvalue weighted by Gasteiger charge is -2.12. The van der Waals surface area contributed by atoms with Gasteiger partial charge in [-0.25, -0.2) is 0 Å². The summed E-state index contributed by atoms with van der Waals surface area (Å²) in [5.74, 6) is 0.372. The normalized spacial score (nSPS) is 29.5. The van der Waals surface area contributed by atoms with Crippen molar-refractivity contribution >= 4 is 11.8 Å². The van der Waals surface area contributed by atoms with Crippen LogP contribution in [0.15, 0.2) is 0 Å². The van der Waals surface area contributed by atoms with Crippen LogP contribution in [-0.4, -0.2) is 17.9 Å². The van der Waals surface area contributed by atoms with Gasteiger partial charge in [0.15, 0.2) is 0 Å². The Labute approximate surface area is 78.5 Å². The molecule has 0 aromatic heterocycles. The average Bonchev–Trinajstić information content (AvgIpc) is 2.11. The molecule has 1 saturated carbocycles. The van der Waals surface area contributed by atoms with E-state index in [1.807, 2.05) is 0 Å². The van der Waals surface area contributed by atoms with Crippen molar-refractivity contribution in [2.45, 2.75) is 45.6 Å². The van der Waals surface area contributed by atoms with Gasteiger partial charge in [0.05, 0.1) is 0 Å². The van der Waals surface area contributed by atoms with Crippen molar-refractivity contribution in [1.29, 1.82) is 0 Å². The predicted octanol–water partition coefficient (Wildman–Crippen LogP) is 1.70. The van der Waals surface area contributed by atoms with Crippen LogP contribution in [0.2, 0.25) is 0 Å². The third-order valence-corrected chi connectivity index (χ3v) is 2.35. The predicted molar refractivity (Wildman–Crippen MR) is 48.2 cm³/mol. The van der Waals surface area contributed by atoms with E-state index in [4.69, 9.17) is 4.74 Å². The van der Waals surface area contributed by atoms with Crippen molar-refractivity contribution < 1.29 is 14.3 Å². The Morgan fingerprint density at radius 3 is 2.69 bits per heavy atom. The Hall–Kier alpha value is -0.860. The quantitative estimate of drug-likeness (QED) is 0.460. The Bertz CT molecular complexity index is 210. The topological polar surface area (TPSA) is 43.4 Å². The van der Waals surface area contributed by atoms with Crippen LogP contribution in [0.4, 0.5) is 0 Å². The van der Waals surface area contributed by atoms with Crippen molar-refractivity contribution in [3.8, 4) is 0 Å². The molecule has 1 rings (SSSR count). The molecule has 0 saturated heterocycles. The van der Waals surface area contributed by atoms with Crippen molar-refractivity contribution in [2.75, 3.05) is 0 Å². The average molecular weight is 184 g/mol. The molecular weight excluding hydrogens is 168 g/mol. The molecule has 3 nitrogen and oxygen atoms in total. The highest BCUT2D eigenvalue weighted by atomic mass is 16.5. The van der Waals surface area contributed by atoms with Crippen molar-refractivity contribution in [1.82, 2.24) is 0 Å². The van der Waals surface area contributed by atoms with Crippen LogP contribution in [0.3, 0.4) is 0 Å². The summed E-state index contributed by atoms with van der Waals surface area (Å²) in [5, 5.41) is 0. The zero-order chi connectivity index (χ0) is 9.84. The van der Waals surface area contributed by atoms with Gasteiger partial charge in [0, 0.05) is 19.8 Å². The molecule has 1 aliphatic rings. The molecule has 2 atom stereocenters. The Morgan fingerprint density at radius 1 is 1.38 bits per heavy atom. The number of hydrogen-bond acceptors (Lipinski definition) is 3. The van der Waals surface area contributed by atoms with Gasteiger partial charge in [0.25, 0.3) is 0 Å². The number of carbonyl (C=O) groups excluding carboxylic acids is 2. The first-order valence-corrected chi connectivity index (χ1v) is 4.77. The number of carbonyl (C=O) groups is 2. The van der Waals surface area contributed by atoms with E-state index in [1.54, 1.807) is 0 Å². The fraction of sp³-hybridized carbons (Fsp3) is 0.800. The Balaban J connectivity index is 2.47. The van der Waals surface area contributed by atoms with Gasteiger partial charge in [0.1, 0.15) is 11.9 Å². The van der Waals surface area contributed by atoms with Crippen LogP contribution in [0.25, 0.3) is 0 Å². The second kappa shape index (κ2) is 4.40. The molecule has 1 aliphatic carbocycles. The third kappa shape index (κ3) is 3.57. The highest BCUT2D eigenvalue weighted by Crippen LogP contribution is 2.22. The van der Waals surface area contributed by atoms with Crippen molar-refractivity contribution in [3.05, 3.63) is 0 Å². The lowest BCUT2D eigenvalue weighted by atomic mass is 10.0. The molecule has 0 spiro atoms. The monoisotopic (exact) mass is 184 g/mol. The lowest BCUT2D eigenvalue weighted by molar-refractivity contribution is -0.147. The highest BCUT2D eigenvalue weighted by Gasteiger charge is 2.23. The second-order valence-electron chi connectivity index (χ2n) is 3.86. The van der Waals surface area contributed by atoms with Crippen LogP contribution in [-0.2, 0) is 14.3 Å². The first-order chi connectivity index (χ1) is 6.08. The van der Waals surface area contributed by atoms with E-state index in [1.165, 1.54) is 6.92 Å². The summed E-state index contributed by atoms with van der Waals surface area (Å²) < 4.78 is 5.03. The second-order valence-corrected chi connectivity index (χ2v) is 3.86.